The smallest absolute Gasteiger partial charge is 0.349 e. The van der Waals surface area contributed by atoms with Gasteiger partial charge in [-0.1, -0.05) is 24.3 Å². The van der Waals surface area contributed by atoms with Crippen LogP contribution in [0.4, 0.5) is 5.82 Å². The molecule has 33 heavy (non-hydrogen) atoms. The number of fused-ring (bicyclic) bond motifs is 1. The van der Waals surface area contributed by atoms with E-state index in [4.69, 9.17) is 4.74 Å². The highest BCUT2D eigenvalue weighted by atomic mass is 32.1. The third kappa shape index (κ3) is 4.64. The number of nitriles is 1. The molecule has 166 valence electrons. The number of nitrogens with one attached hydrogen (secondary N) is 1. The van der Waals surface area contributed by atoms with Gasteiger partial charge in [0.15, 0.2) is 10.7 Å². The summed E-state index contributed by atoms with van der Waals surface area (Å²) in [5, 5.41) is 24.6. The van der Waals surface area contributed by atoms with Crippen molar-refractivity contribution in [3.63, 3.8) is 0 Å². The van der Waals surface area contributed by atoms with Crippen molar-refractivity contribution >= 4 is 33.9 Å². The molecule has 0 aliphatic rings. The van der Waals surface area contributed by atoms with Crippen molar-refractivity contribution in [2.24, 2.45) is 0 Å². The van der Waals surface area contributed by atoms with E-state index in [1.807, 2.05) is 31.2 Å². The van der Waals surface area contributed by atoms with Gasteiger partial charge in [0, 0.05) is 18.8 Å². The third-order valence-electron chi connectivity index (χ3n) is 5.31. The van der Waals surface area contributed by atoms with Gasteiger partial charge in [-0.3, -0.25) is 0 Å². The summed E-state index contributed by atoms with van der Waals surface area (Å²) in [5.74, 6) is 0.337. The molecule has 4 aromatic rings. The van der Waals surface area contributed by atoms with Crippen LogP contribution in [0.15, 0.2) is 48.7 Å². The number of hydrogen-bond acceptors (Lipinski definition) is 7. The lowest BCUT2D eigenvalue weighted by atomic mass is 9.93. The Bertz CT molecular complexity index is 1370. The zero-order chi connectivity index (χ0) is 23.4. The standard InChI is InChI=1S/C25H22N4O3S/c1-3-32-20-13-21(33-23(20)25(30)31)24-28-11-9-22(29-24)27-10-8-19-15(2)18-7-5-4-6-16(18)12-17(19)14-26/h4-7,9,11-13H,3,8,10H2,1-2H3,(H,30,31)(H,27,28,29). The number of ether oxygens (including phenoxy) is 1. The second-order valence-electron chi connectivity index (χ2n) is 7.35. The third-order valence-corrected chi connectivity index (χ3v) is 6.41. The lowest BCUT2D eigenvalue weighted by Gasteiger charge is -2.13. The number of carbonyl (C=O) groups is 1. The van der Waals surface area contributed by atoms with Crippen molar-refractivity contribution in [3.05, 3.63) is 70.2 Å². The number of rotatable bonds is 8. The number of carboxylic acid groups (broad SMARTS) is 1. The van der Waals surface area contributed by atoms with Gasteiger partial charge in [-0.2, -0.15) is 5.26 Å². The van der Waals surface area contributed by atoms with E-state index in [0.29, 0.717) is 47.4 Å². The molecule has 0 bridgehead atoms. The van der Waals surface area contributed by atoms with Gasteiger partial charge in [-0.25, -0.2) is 14.8 Å². The number of aromatic nitrogens is 2. The van der Waals surface area contributed by atoms with E-state index in [9.17, 15) is 15.2 Å². The van der Waals surface area contributed by atoms with Crippen LogP contribution in [0.25, 0.3) is 21.5 Å². The topological polar surface area (TPSA) is 108 Å². The molecule has 2 aromatic carbocycles. The summed E-state index contributed by atoms with van der Waals surface area (Å²) in [6, 6.07) is 15.7. The summed E-state index contributed by atoms with van der Waals surface area (Å²) in [5.41, 5.74) is 2.81. The van der Waals surface area contributed by atoms with Gasteiger partial charge in [-0.15, -0.1) is 11.3 Å². The highest BCUT2D eigenvalue weighted by Gasteiger charge is 2.19. The molecule has 0 aliphatic carbocycles. The maximum absolute atomic E-state index is 11.5. The van der Waals surface area contributed by atoms with Crippen molar-refractivity contribution in [2.75, 3.05) is 18.5 Å². The summed E-state index contributed by atoms with van der Waals surface area (Å²) < 4.78 is 5.44. The Labute approximate surface area is 195 Å². The molecule has 0 amide bonds. The molecular formula is C25H22N4O3S. The Morgan fingerprint density at radius 2 is 2.09 bits per heavy atom. The highest BCUT2D eigenvalue weighted by Crippen LogP contribution is 2.35. The Kier molecular flexibility index (Phi) is 6.52. The van der Waals surface area contributed by atoms with E-state index in [1.165, 1.54) is 0 Å². The Morgan fingerprint density at radius 1 is 1.27 bits per heavy atom. The first-order chi connectivity index (χ1) is 16.0. The second-order valence-corrected chi connectivity index (χ2v) is 8.40. The SMILES string of the molecule is CCOc1cc(-c2nccc(NCCc3c(C#N)cc4ccccc4c3C)n2)sc1C(=O)O. The largest absolute Gasteiger partial charge is 0.492 e. The lowest BCUT2D eigenvalue weighted by Crippen LogP contribution is -2.09. The monoisotopic (exact) mass is 458 g/mol. The van der Waals surface area contributed by atoms with Crippen LogP contribution in [-0.2, 0) is 6.42 Å². The summed E-state index contributed by atoms with van der Waals surface area (Å²) in [7, 11) is 0. The molecule has 2 N–H and O–H groups in total. The fourth-order valence-electron chi connectivity index (χ4n) is 3.78. The number of hydrogen-bond donors (Lipinski definition) is 2. The van der Waals surface area contributed by atoms with Crippen LogP contribution in [0.3, 0.4) is 0 Å². The predicted octanol–water partition coefficient (Wildman–Crippen LogP) is 5.29. The van der Waals surface area contributed by atoms with Gasteiger partial charge in [0.25, 0.3) is 0 Å². The van der Waals surface area contributed by atoms with Gasteiger partial charge in [0.05, 0.1) is 23.1 Å². The van der Waals surface area contributed by atoms with Crippen molar-refractivity contribution in [3.8, 4) is 22.5 Å². The minimum absolute atomic E-state index is 0.129. The molecule has 0 saturated heterocycles. The molecule has 2 heterocycles. The molecular weight excluding hydrogens is 436 g/mol. The van der Waals surface area contributed by atoms with E-state index < -0.39 is 5.97 Å². The highest BCUT2D eigenvalue weighted by molar-refractivity contribution is 7.17. The molecule has 0 spiro atoms. The number of aryl methyl sites for hydroxylation is 1. The summed E-state index contributed by atoms with van der Waals surface area (Å²) in [4.78, 5) is 21.1. The maximum atomic E-state index is 11.5. The molecule has 0 atom stereocenters. The second kappa shape index (κ2) is 9.67. The molecule has 0 fully saturated rings. The quantitative estimate of drug-likeness (QED) is 0.369. The van der Waals surface area contributed by atoms with Crippen LogP contribution >= 0.6 is 11.3 Å². The van der Waals surface area contributed by atoms with Crippen molar-refractivity contribution in [2.45, 2.75) is 20.3 Å². The van der Waals surface area contributed by atoms with E-state index in [0.717, 1.165) is 33.2 Å². The zero-order valence-electron chi connectivity index (χ0n) is 18.3. The minimum atomic E-state index is -1.04. The van der Waals surface area contributed by atoms with E-state index >= 15 is 0 Å². The van der Waals surface area contributed by atoms with Crippen LogP contribution < -0.4 is 10.1 Å². The first-order valence-electron chi connectivity index (χ1n) is 10.5. The molecule has 4 rings (SSSR count). The average Bonchev–Trinajstić information content (AvgIpc) is 3.25. The molecule has 8 heteroatoms. The molecule has 0 radical (unpaired) electrons. The predicted molar refractivity (Wildman–Crippen MR) is 129 cm³/mol. The number of anilines is 1. The van der Waals surface area contributed by atoms with Gasteiger partial charge in [0.1, 0.15) is 11.6 Å². The number of aromatic carboxylic acids is 1. The number of carboxylic acids is 1. The number of thiophene rings is 1. The van der Waals surface area contributed by atoms with Gasteiger partial charge >= 0.3 is 5.97 Å². The van der Waals surface area contributed by atoms with E-state index in [1.54, 1.807) is 25.3 Å². The first kappa shape index (κ1) is 22.2. The Morgan fingerprint density at radius 3 is 2.85 bits per heavy atom. The number of benzene rings is 2. The molecule has 2 aromatic heterocycles. The normalized spacial score (nSPS) is 10.7. The van der Waals surface area contributed by atoms with Gasteiger partial charge < -0.3 is 15.2 Å². The van der Waals surface area contributed by atoms with Gasteiger partial charge in [-0.05, 0) is 54.3 Å². The van der Waals surface area contributed by atoms with Crippen LogP contribution in [0.2, 0.25) is 0 Å². The lowest BCUT2D eigenvalue weighted by molar-refractivity contribution is 0.0698. The fraction of sp³-hybridized carbons (Fsp3) is 0.200. The minimum Gasteiger partial charge on any atom is -0.492 e. The summed E-state index contributed by atoms with van der Waals surface area (Å²) in [6.45, 7) is 4.81. The number of nitrogens with zero attached hydrogens (tertiary/aromatic N) is 3. The fourth-order valence-corrected chi connectivity index (χ4v) is 4.66. The van der Waals surface area contributed by atoms with Gasteiger partial charge in [0.2, 0.25) is 0 Å². The summed E-state index contributed by atoms with van der Waals surface area (Å²) >= 11 is 1.08. The first-order valence-corrected chi connectivity index (χ1v) is 11.3. The van der Waals surface area contributed by atoms with Crippen LogP contribution in [0, 0.1) is 18.3 Å². The summed E-state index contributed by atoms with van der Waals surface area (Å²) in [6.07, 6.45) is 2.29. The average molecular weight is 459 g/mol. The molecule has 0 saturated carbocycles. The van der Waals surface area contributed by atoms with Crippen LogP contribution in [0.1, 0.15) is 33.3 Å². The van der Waals surface area contributed by atoms with Crippen LogP contribution in [-0.4, -0.2) is 34.2 Å². The maximum Gasteiger partial charge on any atom is 0.349 e. The van der Waals surface area contributed by atoms with Crippen molar-refractivity contribution in [1.82, 2.24) is 9.97 Å². The van der Waals surface area contributed by atoms with E-state index in [-0.39, 0.29) is 4.88 Å². The van der Waals surface area contributed by atoms with Crippen molar-refractivity contribution < 1.29 is 14.6 Å². The molecule has 0 unspecified atom stereocenters. The Hall–Kier alpha value is -3.96. The molecule has 7 nitrogen and oxygen atoms in total. The van der Waals surface area contributed by atoms with E-state index in [2.05, 4.69) is 27.4 Å². The van der Waals surface area contributed by atoms with Crippen molar-refractivity contribution in [1.29, 1.82) is 5.26 Å². The molecule has 0 aliphatic heterocycles. The Balaban J connectivity index is 1.53. The van der Waals surface area contributed by atoms with Crippen LogP contribution in [0.5, 0.6) is 5.75 Å². The zero-order valence-corrected chi connectivity index (χ0v) is 19.1.